The SMILES string of the molecule is CC(C)[C@@H]1[C@H](OC(=O)N[C@@H](Cc2ccccc2)[C@H](O)CN2CCN(Cc3ccncc3)C[C@H]2C(=O)NC(C)(C)C)CCS1(=O)=O. The molecule has 2 saturated heterocycles. The number of carbonyl (C=O) groups is 2. The molecule has 0 aliphatic carbocycles. The highest BCUT2D eigenvalue weighted by atomic mass is 32.2. The van der Waals surface area contributed by atoms with Crippen LogP contribution in [0.25, 0.3) is 0 Å². The van der Waals surface area contributed by atoms with Gasteiger partial charge in [-0.2, -0.15) is 0 Å². The highest BCUT2D eigenvalue weighted by molar-refractivity contribution is 7.92. The number of rotatable bonds is 11. The Labute approximate surface area is 267 Å². The largest absolute Gasteiger partial charge is 0.445 e. The molecule has 2 amide bonds. The molecule has 0 saturated carbocycles. The molecule has 3 N–H and O–H groups in total. The number of hydrogen-bond acceptors (Lipinski definition) is 9. The summed E-state index contributed by atoms with van der Waals surface area (Å²) in [5, 5.41) is 16.8. The van der Waals surface area contributed by atoms with Gasteiger partial charge in [0.2, 0.25) is 5.91 Å². The molecule has 1 aromatic heterocycles. The van der Waals surface area contributed by atoms with Crippen LogP contribution in [-0.2, 0) is 32.3 Å². The van der Waals surface area contributed by atoms with Crippen molar-refractivity contribution in [3.05, 3.63) is 66.0 Å². The highest BCUT2D eigenvalue weighted by Crippen LogP contribution is 2.29. The lowest BCUT2D eigenvalue weighted by molar-refractivity contribution is -0.131. The predicted molar refractivity (Wildman–Crippen MR) is 173 cm³/mol. The summed E-state index contributed by atoms with van der Waals surface area (Å²) in [4.78, 5) is 35.1. The molecule has 248 valence electrons. The van der Waals surface area contributed by atoms with Crippen LogP contribution in [0.3, 0.4) is 0 Å². The van der Waals surface area contributed by atoms with E-state index in [1.165, 1.54) is 0 Å². The summed E-state index contributed by atoms with van der Waals surface area (Å²) in [6, 6.07) is 12.2. The molecule has 45 heavy (non-hydrogen) atoms. The van der Waals surface area contributed by atoms with E-state index in [2.05, 4.69) is 20.5 Å². The van der Waals surface area contributed by atoms with Crippen LogP contribution in [-0.4, -0.2) is 107 Å². The van der Waals surface area contributed by atoms with Crippen molar-refractivity contribution in [2.24, 2.45) is 5.92 Å². The molecule has 4 rings (SSSR count). The van der Waals surface area contributed by atoms with Crippen molar-refractivity contribution < 1.29 is 27.9 Å². The van der Waals surface area contributed by atoms with Gasteiger partial charge in [0, 0.05) is 50.7 Å². The third-order valence-corrected chi connectivity index (χ3v) is 10.9. The summed E-state index contributed by atoms with van der Waals surface area (Å²) >= 11 is 0. The number of hydrogen-bond donors (Lipinski definition) is 3. The van der Waals surface area contributed by atoms with Gasteiger partial charge < -0.3 is 20.5 Å². The Hall–Kier alpha value is -3.06. The molecule has 0 bridgehead atoms. The zero-order valence-corrected chi connectivity index (χ0v) is 27.9. The Morgan fingerprint density at radius 2 is 1.76 bits per heavy atom. The number of aliphatic hydroxyl groups excluding tert-OH is 1. The van der Waals surface area contributed by atoms with Crippen LogP contribution in [0.4, 0.5) is 4.79 Å². The Balaban J connectivity index is 1.49. The van der Waals surface area contributed by atoms with Crippen LogP contribution < -0.4 is 10.6 Å². The molecular weight excluding hydrogens is 594 g/mol. The normalized spacial score (nSPS) is 23.8. The lowest BCUT2D eigenvalue weighted by Crippen LogP contribution is -2.63. The van der Waals surface area contributed by atoms with E-state index in [0.29, 0.717) is 32.6 Å². The monoisotopic (exact) mass is 643 g/mol. The first-order valence-corrected chi connectivity index (χ1v) is 17.5. The number of β-amino-alcohol motifs (C(OH)–C–C–N with tert-alkyl or cyclic N) is 1. The molecule has 0 spiro atoms. The molecule has 2 aliphatic heterocycles. The lowest BCUT2D eigenvalue weighted by Gasteiger charge is -2.43. The lowest BCUT2D eigenvalue weighted by atomic mass is 9.99. The van der Waals surface area contributed by atoms with Crippen LogP contribution in [0.1, 0.15) is 52.2 Å². The van der Waals surface area contributed by atoms with Crippen LogP contribution in [0.15, 0.2) is 54.9 Å². The fraction of sp³-hybridized carbons (Fsp3) is 0.606. The molecule has 5 atom stereocenters. The van der Waals surface area contributed by atoms with Gasteiger partial charge in [0.1, 0.15) is 17.4 Å². The van der Waals surface area contributed by atoms with Gasteiger partial charge in [0.05, 0.1) is 17.9 Å². The van der Waals surface area contributed by atoms with Crippen molar-refractivity contribution in [1.29, 1.82) is 0 Å². The Kier molecular flexibility index (Phi) is 11.6. The van der Waals surface area contributed by atoms with Crippen LogP contribution in [0.2, 0.25) is 0 Å². The number of pyridine rings is 1. The summed E-state index contributed by atoms with van der Waals surface area (Å²) in [6.45, 7) is 12.0. The third kappa shape index (κ3) is 9.96. The summed E-state index contributed by atoms with van der Waals surface area (Å²) in [5.74, 6) is -0.340. The number of aromatic nitrogens is 1. The Morgan fingerprint density at radius 1 is 1.07 bits per heavy atom. The van der Waals surface area contributed by atoms with E-state index < -0.39 is 51.0 Å². The average Bonchev–Trinajstić information content (AvgIpc) is 3.27. The maximum atomic E-state index is 13.6. The fourth-order valence-electron chi connectivity index (χ4n) is 6.31. The zero-order valence-electron chi connectivity index (χ0n) is 27.1. The quantitative estimate of drug-likeness (QED) is 0.337. The van der Waals surface area contributed by atoms with Crippen molar-refractivity contribution >= 4 is 21.8 Å². The van der Waals surface area contributed by atoms with Crippen LogP contribution in [0.5, 0.6) is 0 Å². The molecule has 2 aliphatic rings. The van der Waals surface area contributed by atoms with Gasteiger partial charge in [-0.15, -0.1) is 0 Å². The zero-order chi connectivity index (χ0) is 32.8. The second-order valence-electron chi connectivity index (χ2n) is 13.7. The number of benzene rings is 1. The number of alkyl carbamates (subject to hydrolysis) is 1. The number of piperazine rings is 1. The smallest absolute Gasteiger partial charge is 0.407 e. The minimum Gasteiger partial charge on any atom is -0.445 e. The van der Waals surface area contributed by atoms with Gasteiger partial charge >= 0.3 is 6.09 Å². The van der Waals surface area contributed by atoms with Crippen molar-refractivity contribution in [1.82, 2.24) is 25.4 Å². The van der Waals surface area contributed by atoms with Crippen LogP contribution in [0, 0.1) is 5.92 Å². The first-order valence-electron chi connectivity index (χ1n) is 15.8. The Morgan fingerprint density at radius 3 is 2.40 bits per heavy atom. The maximum Gasteiger partial charge on any atom is 0.407 e. The molecule has 11 nitrogen and oxygen atoms in total. The second kappa shape index (κ2) is 15.0. The first-order chi connectivity index (χ1) is 21.2. The summed E-state index contributed by atoms with van der Waals surface area (Å²) in [5.41, 5.74) is 1.58. The predicted octanol–water partition coefficient (Wildman–Crippen LogP) is 2.39. The number of ether oxygens (including phenoxy) is 1. The van der Waals surface area contributed by atoms with E-state index in [-0.39, 0.29) is 30.5 Å². The summed E-state index contributed by atoms with van der Waals surface area (Å²) in [7, 11) is -3.35. The van der Waals surface area contributed by atoms with Gasteiger partial charge in [-0.05, 0) is 62.8 Å². The standard InChI is InChI=1S/C33H49N5O6S/c1-23(2)30-29(13-18-45(30,42)43)44-32(41)35-26(19-24-9-7-6-8-10-24)28(39)22-38-17-16-37(20-25-11-14-34-15-12-25)21-27(38)31(40)36-33(3,4)5/h6-12,14-15,23,26-30,39H,13,16-22H2,1-5H3,(H,35,41)(H,36,40)/t26-,27-,28+,29+,30+/m0/s1. The number of amides is 2. The van der Waals surface area contributed by atoms with E-state index in [9.17, 15) is 23.1 Å². The number of aliphatic hydroxyl groups is 1. The van der Waals surface area contributed by atoms with E-state index >= 15 is 0 Å². The third-order valence-electron chi connectivity index (χ3n) is 8.40. The van der Waals surface area contributed by atoms with E-state index in [4.69, 9.17) is 4.74 Å². The maximum absolute atomic E-state index is 13.6. The van der Waals surface area contributed by atoms with Crippen LogP contribution >= 0.6 is 0 Å². The summed E-state index contributed by atoms with van der Waals surface area (Å²) in [6.07, 6.45) is 1.54. The Bertz CT molecular complexity index is 1370. The van der Waals surface area contributed by atoms with Crippen molar-refractivity contribution in [2.45, 2.75) is 89.1 Å². The number of sulfone groups is 1. The van der Waals surface area contributed by atoms with E-state index in [0.717, 1.165) is 11.1 Å². The van der Waals surface area contributed by atoms with Gasteiger partial charge in [-0.1, -0.05) is 44.2 Å². The molecule has 2 aromatic rings. The highest BCUT2D eigenvalue weighted by Gasteiger charge is 2.45. The van der Waals surface area contributed by atoms with Crippen molar-refractivity contribution in [2.75, 3.05) is 31.9 Å². The van der Waals surface area contributed by atoms with Gasteiger partial charge in [-0.3, -0.25) is 19.6 Å². The molecule has 2 fully saturated rings. The second-order valence-corrected chi connectivity index (χ2v) is 15.9. The molecule has 0 unspecified atom stereocenters. The summed E-state index contributed by atoms with van der Waals surface area (Å²) < 4.78 is 30.9. The minimum absolute atomic E-state index is 0.0188. The first kappa shape index (κ1) is 34.8. The average molecular weight is 644 g/mol. The molecule has 12 heteroatoms. The molecular formula is C33H49N5O6S. The molecule has 1 aromatic carbocycles. The fourth-order valence-corrected chi connectivity index (χ4v) is 8.63. The van der Waals surface area contributed by atoms with Gasteiger partial charge in [0.15, 0.2) is 9.84 Å². The van der Waals surface area contributed by atoms with E-state index in [1.54, 1.807) is 12.4 Å². The van der Waals surface area contributed by atoms with Gasteiger partial charge in [0.25, 0.3) is 0 Å². The topological polar surface area (TPSA) is 141 Å². The van der Waals surface area contributed by atoms with E-state index in [1.807, 2.05) is 82.0 Å². The van der Waals surface area contributed by atoms with Gasteiger partial charge in [-0.25, -0.2) is 13.2 Å². The molecule has 0 radical (unpaired) electrons. The number of carbonyl (C=O) groups excluding carboxylic acids is 2. The molecule has 3 heterocycles. The minimum atomic E-state index is -3.35. The van der Waals surface area contributed by atoms with Crippen molar-refractivity contribution in [3.63, 3.8) is 0 Å². The van der Waals surface area contributed by atoms with Crippen molar-refractivity contribution in [3.8, 4) is 0 Å². The number of nitrogens with one attached hydrogen (secondary N) is 2. The number of nitrogens with zero attached hydrogens (tertiary/aromatic N) is 3.